The normalized spacial score (nSPS) is 16.2. The molecule has 0 saturated heterocycles. The van der Waals surface area contributed by atoms with E-state index in [9.17, 15) is 13.2 Å². The molecule has 1 aliphatic rings. The van der Waals surface area contributed by atoms with Crippen molar-refractivity contribution in [3.05, 3.63) is 70.5 Å². The minimum atomic E-state index is -3.29. The van der Waals surface area contributed by atoms with E-state index in [1.54, 1.807) is 29.8 Å². The topological polar surface area (TPSA) is 73.3 Å². The highest BCUT2D eigenvalue weighted by molar-refractivity contribution is 7.90. The lowest BCUT2D eigenvalue weighted by atomic mass is 9.87. The first-order valence-corrected chi connectivity index (χ1v) is 11.8. The second-order valence-electron chi connectivity index (χ2n) is 7.40. The largest absolute Gasteiger partial charge is 0.451 e. The summed E-state index contributed by atoms with van der Waals surface area (Å²) in [4.78, 5) is 17.3. The van der Waals surface area contributed by atoms with Gasteiger partial charge in [0, 0.05) is 22.8 Å². The fraction of sp³-hybridized carbons (Fsp3) is 0.182. The van der Waals surface area contributed by atoms with Crippen molar-refractivity contribution in [3.63, 3.8) is 0 Å². The maximum Gasteiger partial charge on any atom is 0.340 e. The van der Waals surface area contributed by atoms with Crippen molar-refractivity contribution in [1.82, 2.24) is 4.98 Å². The van der Waals surface area contributed by atoms with E-state index in [1.165, 1.54) is 17.6 Å². The van der Waals surface area contributed by atoms with Crippen LogP contribution in [0.5, 0.6) is 0 Å². The summed E-state index contributed by atoms with van der Waals surface area (Å²) in [6, 6.07) is 14.2. The third-order valence-electron chi connectivity index (χ3n) is 4.88. The van der Waals surface area contributed by atoms with Gasteiger partial charge in [0.2, 0.25) is 0 Å². The molecule has 1 aromatic heterocycles. The van der Waals surface area contributed by atoms with Crippen LogP contribution in [0.1, 0.15) is 25.0 Å². The molecular weight excluding hydrogens is 406 g/mol. The standard InChI is InChI=1S/C22H19NO4S2/c1-22(2)20(16-8-10-17(11-9-16)29(3,25)26)19(21(24)27-22)15-6-4-14(5-7-15)18-12-28-13-23-18/h4-13H,1-3H3. The first-order valence-electron chi connectivity index (χ1n) is 8.94. The first-order chi connectivity index (χ1) is 13.7. The number of carbonyl (C=O) groups is 1. The van der Waals surface area contributed by atoms with E-state index >= 15 is 0 Å². The molecule has 0 fully saturated rings. The molecule has 2 heterocycles. The van der Waals surface area contributed by atoms with Crippen LogP contribution >= 0.6 is 11.3 Å². The van der Waals surface area contributed by atoms with E-state index in [-0.39, 0.29) is 4.90 Å². The zero-order valence-electron chi connectivity index (χ0n) is 16.2. The lowest BCUT2D eigenvalue weighted by Crippen LogP contribution is -2.22. The minimum absolute atomic E-state index is 0.235. The SMILES string of the molecule is CC1(C)OC(=O)C(c2ccc(-c3cscn3)cc2)=C1c1ccc(S(C)(=O)=O)cc1. The number of ether oxygens (including phenoxy) is 1. The van der Waals surface area contributed by atoms with Gasteiger partial charge in [0.25, 0.3) is 0 Å². The molecule has 0 bridgehead atoms. The van der Waals surface area contributed by atoms with Crippen LogP contribution in [0.3, 0.4) is 0 Å². The Morgan fingerprint density at radius 2 is 1.52 bits per heavy atom. The summed E-state index contributed by atoms with van der Waals surface area (Å²) in [7, 11) is -3.29. The van der Waals surface area contributed by atoms with Gasteiger partial charge in [-0.25, -0.2) is 18.2 Å². The van der Waals surface area contributed by atoms with E-state index in [0.29, 0.717) is 5.57 Å². The molecule has 0 aliphatic carbocycles. The summed E-state index contributed by atoms with van der Waals surface area (Å²) in [5.41, 5.74) is 5.55. The molecular formula is C22H19NO4S2. The molecule has 0 unspecified atom stereocenters. The predicted octanol–water partition coefficient (Wildman–Crippen LogP) is 4.46. The summed E-state index contributed by atoms with van der Waals surface area (Å²) in [6.07, 6.45) is 1.17. The van der Waals surface area contributed by atoms with Crippen molar-refractivity contribution in [2.24, 2.45) is 0 Å². The van der Waals surface area contributed by atoms with Crippen LogP contribution in [0.4, 0.5) is 0 Å². The number of hydrogen-bond donors (Lipinski definition) is 0. The number of esters is 1. The molecule has 4 rings (SSSR count). The maximum absolute atomic E-state index is 12.7. The van der Waals surface area contributed by atoms with Gasteiger partial charge in [-0.05, 0) is 37.1 Å². The number of rotatable bonds is 4. The van der Waals surface area contributed by atoms with E-state index < -0.39 is 21.4 Å². The molecule has 0 saturated carbocycles. The Labute approximate surface area is 173 Å². The third kappa shape index (κ3) is 3.63. The summed E-state index contributed by atoms with van der Waals surface area (Å²) in [5, 5.41) is 1.97. The number of thiazole rings is 1. The Balaban J connectivity index is 1.82. The molecule has 5 nitrogen and oxygen atoms in total. The van der Waals surface area contributed by atoms with Crippen LogP contribution in [0.2, 0.25) is 0 Å². The zero-order valence-corrected chi connectivity index (χ0v) is 17.8. The number of cyclic esters (lactones) is 1. The highest BCUT2D eigenvalue weighted by Crippen LogP contribution is 2.44. The Morgan fingerprint density at radius 1 is 0.931 bits per heavy atom. The van der Waals surface area contributed by atoms with Gasteiger partial charge in [0.05, 0.1) is 21.7 Å². The van der Waals surface area contributed by atoms with Gasteiger partial charge in [-0.15, -0.1) is 11.3 Å². The average Bonchev–Trinajstić information content (AvgIpc) is 3.27. The predicted molar refractivity (Wildman–Crippen MR) is 114 cm³/mol. The molecule has 1 aliphatic heterocycles. The average molecular weight is 426 g/mol. The number of hydrogen-bond acceptors (Lipinski definition) is 6. The molecule has 0 atom stereocenters. The van der Waals surface area contributed by atoms with Crippen molar-refractivity contribution in [3.8, 4) is 11.3 Å². The van der Waals surface area contributed by atoms with Crippen LogP contribution in [0.15, 0.2) is 64.3 Å². The van der Waals surface area contributed by atoms with Crippen molar-refractivity contribution in [1.29, 1.82) is 0 Å². The second-order valence-corrected chi connectivity index (χ2v) is 10.1. The second kappa shape index (κ2) is 6.93. The van der Waals surface area contributed by atoms with Crippen molar-refractivity contribution < 1.29 is 17.9 Å². The monoisotopic (exact) mass is 425 g/mol. The molecule has 0 N–H and O–H groups in total. The lowest BCUT2D eigenvalue weighted by Gasteiger charge is -2.21. The number of carbonyl (C=O) groups excluding carboxylic acids is 1. The number of nitrogens with zero attached hydrogens (tertiary/aromatic N) is 1. The fourth-order valence-corrected chi connectivity index (χ4v) is 4.71. The smallest absolute Gasteiger partial charge is 0.340 e. The number of aromatic nitrogens is 1. The van der Waals surface area contributed by atoms with Gasteiger partial charge in [0.15, 0.2) is 9.84 Å². The van der Waals surface area contributed by atoms with Gasteiger partial charge in [-0.1, -0.05) is 36.4 Å². The molecule has 0 amide bonds. The Kier molecular flexibility index (Phi) is 4.67. The zero-order chi connectivity index (χ0) is 20.8. The molecule has 0 radical (unpaired) electrons. The van der Waals surface area contributed by atoms with Gasteiger partial charge < -0.3 is 4.74 Å². The van der Waals surface area contributed by atoms with Crippen molar-refractivity contribution in [2.45, 2.75) is 24.3 Å². The minimum Gasteiger partial charge on any atom is -0.451 e. The summed E-state index contributed by atoms with van der Waals surface area (Å²) in [6.45, 7) is 3.67. The van der Waals surface area contributed by atoms with Gasteiger partial charge in [0.1, 0.15) is 5.60 Å². The van der Waals surface area contributed by atoms with Crippen LogP contribution in [0.25, 0.3) is 22.4 Å². The molecule has 29 heavy (non-hydrogen) atoms. The van der Waals surface area contributed by atoms with E-state index in [1.807, 2.05) is 43.5 Å². The number of sulfone groups is 1. The Morgan fingerprint density at radius 3 is 2.07 bits per heavy atom. The van der Waals surface area contributed by atoms with E-state index in [2.05, 4.69) is 4.98 Å². The van der Waals surface area contributed by atoms with Crippen molar-refractivity contribution >= 4 is 38.3 Å². The molecule has 0 spiro atoms. The van der Waals surface area contributed by atoms with Crippen molar-refractivity contribution in [2.75, 3.05) is 6.26 Å². The highest BCUT2D eigenvalue weighted by Gasteiger charge is 2.41. The number of benzene rings is 2. The molecule has 148 valence electrons. The van der Waals surface area contributed by atoms with Crippen LogP contribution in [0, 0.1) is 0 Å². The van der Waals surface area contributed by atoms with E-state index in [4.69, 9.17) is 4.74 Å². The van der Waals surface area contributed by atoms with Gasteiger partial charge in [-0.3, -0.25) is 0 Å². The van der Waals surface area contributed by atoms with E-state index in [0.717, 1.165) is 28.0 Å². The van der Waals surface area contributed by atoms with Gasteiger partial charge in [-0.2, -0.15) is 0 Å². The van der Waals surface area contributed by atoms with Crippen LogP contribution in [-0.2, 0) is 19.4 Å². The highest BCUT2D eigenvalue weighted by atomic mass is 32.2. The Bertz CT molecular complexity index is 1200. The molecule has 7 heteroatoms. The Hall–Kier alpha value is -2.77. The lowest BCUT2D eigenvalue weighted by molar-refractivity contribution is -0.141. The third-order valence-corrected chi connectivity index (χ3v) is 6.59. The molecule has 2 aromatic carbocycles. The molecule has 3 aromatic rings. The van der Waals surface area contributed by atoms with Crippen LogP contribution in [-0.4, -0.2) is 31.2 Å². The maximum atomic E-state index is 12.7. The summed E-state index contributed by atoms with van der Waals surface area (Å²) < 4.78 is 29.2. The van der Waals surface area contributed by atoms with Crippen LogP contribution < -0.4 is 0 Å². The summed E-state index contributed by atoms with van der Waals surface area (Å²) in [5.74, 6) is -0.390. The first kappa shape index (κ1) is 19.5. The summed E-state index contributed by atoms with van der Waals surface area (Å²) >= 11 is 1.53. The van der Waals surface area contributed by atoms with Gasteiger partial charge >= 0.3 is 5.97 Å². The fourth-order valence-electron chi connectivity index (χ4n) is 3.52. The quantitative estimate of drug-likeness (QED) is 0.577.